The molecule has 5 heteroatoms. The molecule has 98 valence electrons. The smallest absolute Gasteiger partial charge is 0.253 e. The van der Waals surface area contributed by atoms with Gasteiger partial charge in [0.25, 0.3) is 5.91 Å². The van der Waals surface area contributed by atoms with Crippen LogP contribution >= 0.6 is 11.6 Å². The molecule has 0 spiro atoms. The van der Waals surface area contributed by atoms with Gasteiger partial charge in [0.2, 0.25) is 0 Å². The van der Waals surface area contributed by atoms with Crippen molar-refractivity contribution < 1.29 is 4.79 Å². The molecule has 0 fully saturated rings. The summed E-state index contributed by atoms with van der Waals surface area (Å²) in [7, 11) is 1.76. The Morgan fingerprint density at radius 1 is 1.26 bits per heavy atom. The van der Waals surface area contributed by atoms with Gasteiger partial charge in [-0.1, -0.05) is 17.7 Å². The Morgan fingerprint density at radius 2 is 2.11 bits per heavy atom. The lowest BCUT2D eigenvalue weighted by Crippen LogP contribution is -2.29. The number of hydrogen-bond donors (Lipinski definition) is 0. The molecule has 0 aliphatic rings. The van der Waals surface area contributed by atoms with Gasteiger partial charge in [0.1, 0.15) is 5.15 Å². The van der Waals surface area contributed by atoms with Crippen molar-refractivity contribution in [2.24, 2.45) is 0 Å². The first-order valence-electron chi connectivity index (χ1n) is 5.94. The Hall–Kier alpha value is -1.94. The van der Waals surface area contributed by atoms with E-state index in [4.69, 9.17) is 11.6 Å². The van der Waals surface area contributed by atoms with Crippen molar-refractivity contribution in [3.05, 3.63) is 59.1 Å². The molecule has 2 aromatic rings. The lowest BCUT2D eigenvalue weighted by atomic mass is 10.2. The largest absolute Gasteiger partial charge is 0.341 e. The fourth-order valence-electron chi connectivity index (χ4n) is 1.69. The normalized spacial score (nSPS) is 10.2. The van der Waals surface area contributed by atoms with Crippen LogP contribution in [0.15, 0.2) is 42.7 Å². The first kappa shape index (κ1) is 13.5. The van der Waals surface area contributed by atoms with Gasteiger partial charge in [-0.25, -0.2) is 4.98 Å². The van der Waals surface area contributed by atoms with Gasteiger partial charge in [-0.3, -0.25) is 9.78 Å². The van der Waals surface area contributed by atoms with E-state index in [1.165, 1.54) is 6.20 Å². The third-order valence-electron chi connectivity index (χ3n) is 2.75. The second-order valence-electron chi connectivity index (χ2n) is 4.17. The number of halogens is 1. The van der Waals surface area contributed by atoms with Gasteiger partial charge < -0.3 is 4.90 Å². The number of likely N-dealkylation sites (N-methyl/N-ethyl adjacent to an activating group) is 1. The minimum absolute atomic E-state index is 0.0692. The number of pyridine rings is 2. The van der Waals surface area contributed by atoms with Gasteiger partial charge in [-0.15, -0.1) is 0 Å². The maximum Gasteiger partial charge on any atom is 0.253 e. The van der Waals surface area contributed by atoms with Crippen LogP contribution in [-0.2, 0) is 6.42 Å². The number of rotatable bonds is 4. The van der Waals surface area contributed by atoms with Gasteiger partial charge in [-0.05, 0) is 24.3 Å². The van der Waals surface area contributed by atoms with E-state index in [0.717, 1.165) is 12.1 Å². The molecule has 1 amide bonds. The van der Waals surface area contributed by atoms with E-state index < -0.39 is 0 Å². The fraction of sp³-hybridized carbons (Fsp3) is 0.214. The van der Waals surface area contributed by atoms with Gasteiger partial charge in [-0.2, -0.15) is 0 Å². The van der Waals surface area contributed by atoms with Gasteiger partial charge >= 0.3 is 0 Å². The van der Waals surface area contributed by atoms with Gasteiger partial charge in [0.15, 0.2) is 0 Å². The highest BCUT2D eigenvalue weighted by atomic mass is 35.5. The van der Waals surface area contributed by atoms with Gasteiger partial charge in [0.05, 0.1) is 0 Å². The summed E-state index contributed by atoms with van der Waals surface area (Å²) >= 11 is 5.77. The van der Waals surface area contributed by atoms with Crippen molar-refractivity contribution in [3.63, 3.8) is 0 Å². The third kappa shape index (κ3) is 3.76. The second-order valence-corrected chi connectivity index (χ2v) is 4.55. The molecule has 0 aromatic carbocycles. The zero-order valence-corrected chi connectivity index (χ0v) is 11.3. The minimum atomic E-state index is -0.0692. The maximum absolute atomic E-state index is 12.1. The van der Waals surface area contributed by atoms with Crippen molar-refractivity contribution in [3.8, 4) is 0 Å². The van der Waals surface area contributed by atoms with Crippen LogP contribution in [-0.4, -0.2) is 34.4 Å². The van der Waals surface area contributed by atoms with Crippen LogP contribution in [0.5, 0.6) is 0 Å². The number of carbonyl (C=O) groups excluding carboxylic acids is 1. The lowest BCUT2D eigenvalue weighted by molar-refractivity contribution is 0.0796. The zero-order valence-electron chi connectivity index (χ0n) is 10.6. The van der Waals surface area contributed by atoms with Crippen LogP contribution in [0.4, 0.5) is 0 Å². The minimum Gasteiger partial charge on any atom is -0.341 e. The SMILES string of the molecule is CN(CCc1ccccn1)C(=O)c1ccnc(Cl)c1. The highest BCUT2D eigenvalue weighted by Gasteiger charge is 2.12. The molecule has 2 aromatic heterocycles. The standard InChI is InChI=1S/C14H14ClN3O/c1-18(9-6-12-4-2-3-7-16-12)14(19)11-5-8-17-13(15)10-11/h2-5,7-8,10H,6,9H2,1H3. The van der Waals surface area contributed by atoms with Crippen LogP contribution in [0.1, 0.15) is 16.1 Å². The summed E-state index contributed by atoms with van der Waals surface area (Å²) in [5.41, 5.74) is 1.51. The third-order valence-corrected chi connectivity index (χ3v) is 2.96. The van der Waals surface area contributed by atoms with E-state index >= 15 is 0 Å². The average molecular weight is 276 g/mol. The number of nitrogens with zero attached hydrogens (tertiary/aromatic N) is 3. The second kappa shape index (κ2) is 6.29. The summed E-state index contributed by atoms with van der Waals surface area (Å²) in [6, 6.07) is 8.98. The fourth-order valence-corrected chi connectivity index (χ4v) is 1.86. The van der Waals surface area contributed by atoms with E-state index in [9.17, 15) is 4.79 Å². The quantitative estimate of drug-likeness (QED) is 0.805. The highest BCUT2D eigenvalue weighted by Crippen LogP contribution is 2.09. The molecule has 0 aliphatic carbocycles. The molecule has 0 saturated heterocycles. The van der Waals surface area contributed by atoms with E-state index in [2.05, 4.69) is 9.97 Å². The maximum atomic E-state index is 12.1. The van der Waals surface area contributed by atoms with E-state index in [1.807, 2.05) is 18.2 Å². The summed E-state index contributed by atoms with van der Waals surface area (Å²) in [6.07, 6.45) is 4.00. The van der Waals surface area contributed by atoms with Crippen molar-refractivity contribution in [1.82, 2.24) is 14.9 Å². The summed E-state index contributed by atoms with van der Waals surface area (Å²) in [4.78, 5) is 21.9. The summed E-state index contributed by atoms with van der Waals surface area (Å²) < 4.78 is 0. The van der Waals surface area contributed by atoms with Gasteiger partial charge in [0, 0.05) is 43.7 Å². The highest BCUT2D eigenvalue weighted by molar-refractivity contribution is 6.29. The van der Waals surface area contributed by atoms with E-state index in [0.29, 0.717) is 17.3 Å². The van der Waals surface area contributed by atoms with Crippen LogP contribution in [0.3, 0.4) is 0 Å². The molecule has 2 rings (SSSR count). The average Bonchev–Trinajstić information content (AvgIpc) is 2.45. The molecular formula is C14H14ClN3O. The van der Waals surface area contributed by atoms with Crippen LogP contribution in [0, 0.1) is 0 Å². The van der Waals surface area contributed by atoms with E-state index in [1.54, 1.807) is 30.3 Å². The van der Waals surface area contributed by atoms with E-state index in [-0.39, 0.29) is 5.91 Å². The number of carbonyl (C=O) groups is 1. The van der Waals surface area contributed by atoms with Crippen LogP contribution in [0.25, 0.3) is 0 Å². The molecule has 0 radical (unpaired) electrons. The summed E-state index contributed by atoms with van der Waals surface area (Å²) in [5, 5.41) is 0.323. The van der Waals surface area contributed by atoms with Crippen molar-refractivity contribution in [2.75, 3.05) is 13.6 Å². The topological polar surface area (TPSA) is 46.1 Å². The summed E-state index contributed by atoms with van der Waals surface area (Å²) in [5.74, 6) is -0.0692. The Kier molecular flexibility index (Phi) is 4.47. The van der Waals surface area contributed by atoms with Crippen molar-refractivity contribution in [1.29, 1.82) is 0 Å². The molecule has 4 nitrogen and oxygen atoms in total. The molecule has 0 atom stereocenters. The first-order chi connectivity index (χ1) is 9.16. The van der Waals surface area contributed by atoms with Crippen LogP contribution in [0.2, 0.25) is 5.15 Å². The number of amides is 1. The van der Waals surface area contributed by atoms with Crippen molar-refractivity contribution >= 4 is 17.5 Å². The lowest BCUT2D eigenvalue weighted by Gasteiger charge is -2.16. The zero-order chi connectivity index (χ0) is 13.7. The predicted octanol–water partition coefficient (Wildman–Crippen LogP) is 2.44. The van der Waals surface area contributed by atoms with Crippen LogP contribution < -0.4 is 0 Å². The Bertz CT molecular complexity index is 560. The monoisotopic (exact) mass is 275 g/mol. The molecule has 2 heterocycles. The first-order valence-corrected chi connectivity index (χ1v) is 6.31. The Morgan fingerprint density at radius 3 is 2.79 bits per heavy atom. The molecule has 0 saturated carbocycles. The Balaban J connectivity index is 1.96. The van der Waals surface area contributed by atoms with Crippen molar-refractivity contribution in [2.45, 2.75) is 6.42 Å². The molecule has 19 heavy (non-hydrogen) atoms. The molecule has 0 N–H and O–H groups in total. The number of aromatic nitrogens is 2. The molecule has 0 unspecified atom stereocenters. The number of hydrogen-bond acceptors (Lipinski definition) is 3. The molecular weight excluding hydrogens is 262 g/mol. The predicted molar refractivity (Wildman–Crippen MR) is 74.1 cm³/mol. The Labute approximate surface area is 117 Å². The summed E-state index contributed by atoms with van der Waals surface area (Å²) in [6.45, 7) is 0.607. The molecule has 0 bridgehead atoms. The molecule has 0 aliphatic heterocycles.